The van der Waals surface area contributed by atoms with Crippen LogP contribution in [0.1, 0.15) is 28.1 Å². The van der Waals surface area contributed by atoms with Gasteiger partial charge in [-0.3, -0.25) is 4.79 Å². The number of hydrogen-bond donors (Lipinski definition) is 0. The van der Waals surface area contributed by atoms with E-state index in [0.29, 0.717) is 6.42 Å². The number of thiophene rings is 2. The van der Waals surface area contributed by atoms with E-state index in [0.717, 1.165) is 24.4 Å². The molecule has 0 N–H and O–H groups in total. The molecule has 4 heteroatoms. The average molecular weight is 279 g/mol. The molecule has 96 valence electrons. The molecule has 0 fully saturated rings. The third kappa shape index (κ3) is 4.05. The van der Waals surface area contributed by atoms with Crippen molar-refractivity contribution in [3.05, 3.63) is 44.8 Å². The summed E-state index contributed by atoms with van der Waals surface area (Å²) in [6, 6.07) is 5.99. The van der Waals surface area contributed by atoms with Crippen molar-refractivity contribution < 1.29 is 4.79 Å². The van der Waals surface area contributed by atoms with E-state index in [4.69, 9.17) is 0 Å². The zero-order chi connectivity index (χ0) is 12.8. The molecule has 0 aliphatic heterocycles. The van der Waals surface area contributed by atoms with Gasteiger partial charge < -0.3 is 4.90 Å². The summed E-state index contributed by atoms with van der Waals surface area (Å²) in [5.74, 6) is 0.272. The highest BCUT2D eigenvalue weighted by Crippen LogP contribution is 2.13. The maximum Gasteiger partial charge on any atom is 0.172 e. The lowest BCUT2D eigenvalue weighted by atomic mass is 10.2. The predicted octanol–water partition coefficient (Wildman–Crippen LogP) is 3.90. The molecule has 2 heterocycles. The van der Waals surface area contributed by atoms with Gasteiger partial charge >= 0.3 is 0 Å². The van der Waals surface area contributed by atoms with E-state index in [1.165, 1.54) is 16.9 Å². The van der Waals surface area contributed by atoms with Crippen molar-refractivity contribution in [3.8, 4) is 0 Å². The molecular weight excluding hydrogens is 262 g/mol. The van der Waals surface area contributed by atoms with Crippen molar-refractivity contribution in [2.75, 3.05) is 13.6 Å². The van der Waals surface area contributed by atoms with Gasteiger partial charge in [-0.05, 0) is 53.8 Å². The molecule has 2 rings (SSSR count). The van der Waals surface area contributed by atoms with Crippen LogP contribution in [0.15, 0.2) is 34.3 Å². The summed E-state index contributed by atoms with van der Waals surface area (Å²) in [7, 11) is 2.10. The molecule has 0 bridgehead atoms. The number of hydrogen-bond acceptors (Lipinski definition) is 4. The first-order chi connectivity index (χ1) is 8.75. The van der Waals surface area contributed by atoms with Gasteiger partial charge in [0.25, 0.3) is 0 Å². The molecule has 2 nitrogen and oxygen atoms in total. The highest BCUT2D eigenvalue weighted by Gasteiger charge is 2.07. The van der Waals surface area contributed by atoms with Gasteiger partial charge in [0.15, 0.2) is 5.78 Å². The second kappa shape index (κ2) is 6.83. The second-order valence-corrected chi connectivity index (χ2v) is 6.10. The third-order valence-corrected chi connectivity index (χ3v) is 4.42. The smallest absolute Gasteiger partial charge is 0.172 e. The van der Waals surface area contributed by atoms with E-state index in [1.54, 1.807) is 11.3 Å². The molecule has 2 aromatic heterocycles. The molecule has 0 aliphatic carbocycles. The van der Waals surface area contributed by atoms with Crippen LogP contribution < -0.4 is 0 Å². The van der Waals surface area contributed by atoms with Gasteiger partial charge in [0, 0.05) is 13.0 Å². The van der Waals surface area contributed by atoms with Gasteiger partial charge in [0.1, 0.15) is 0 Å². The fraction of sp³-hybridized carbons (Fsp3) is 0.357. The normalized spacial score (nSPS) is 11.0. The minimum atomic E-state index is 0.272. The number of carbonyl (C=O) groups is 1. The number of nitrogens with zero attached hydrogens (tertiary/aromatic N) is 1. The number of carbonyl (C=O) groups excluding carboxylic acids is 1. The van der Waals surface area contributed by atoms with Crippen LogP contribution in [-0.2, 0) is 6.54 Å². The largest absolute Gasteiger partial charge is 0.302 e. The Balaban J connectivity index is 1.67. The molecule has 0 atom stereocenters. The summed E-state index contributed by atoms with van der Waals surface area (Å²) >= 11 is 3.26. The van der Waals surface area contributed by atoms with Crippen LogP contribution in [0.4, 0.5) is 0 Å². The van der Waals surface area contributed by atoms with Crippen LogP contribution >= 0.6 is 22.7 Å². The quantitative estimate of drug-likeness (QED) is 0.716. The molecule has 0 unspecified atom stereocenters. The van der Waals surface area contributed by atoms with Crippen molar-refractivity contribution in [1.29, 1.82) is 0 Å². The lowest BCUT2D eigenvalue weighted by Gasteiger charge is -2.15. The lowest BCUT2D eigenvalue weighted by molar-refractivity contribution is 0.0980. The highest BCUT2D eigenvalue weighted by molar-refractivity contribution is 7.12. The molecule has 0 aromatic carbocycles. The SMILES string of the molecule is CN(CCCC(=O)c1cccs1)Cc1ccsc1. The van der Waals surface area contributed by atoms with Gasteiger partial charge in [-0.15, -0.1) is 11.3 Å². The Labute approximate surface area is 116 Å². The Morgan fingerprint density at radius 2 is 2.22 bits per heavy atom. The van der Waals surface area contributed by atoms with Crippen molar-refractivity contribution in [2.24, 2.45) is 0 Å². The minimum absolute atomic E-state index is 0.272. The zero-order valence-electron chi connectivity index (χ0n) is 10.5. The number of rotatable bonds is 7. The summed E-state index contributed by atoms with van der Waals surface area (Å²) in [4.78, 5) is 15.0. The maximum atomic E-state index is 11.8. The van der Waals surface area contributed by atoms with Crippen LogP contribution in [0.3, 0.4) is 0 Å². The van der Waals surface area contributed by atoms with Gasteiger partial charge in [-0.25, -0.2) is 0 Å². The zero-order valence-corrected chi connectivity index (χ0v) is 12.1. The Kier molecular flexibility index (Phi) is 5.11. The fourth-order valence-electron chi connectivity index (χ4n) is 1.84. The Bertz CT molecular complexity index is 462. The van der Waals surface area contributed by atoms with Crippen LogP contribution in [0, 0.1) is 0 Å². The number of ketones is 1. The van der Waals surface area contributed by atoms with Crippen molar-refractivity contribution >= 4 is 28.5 Å². The standard InChI is InChI=1S/C14H17NOS2/c1-15(10-12-6-9-17-11-12)7-2-4-13(16)14-5-3-8-18-14/h3,5-6,8-9,11H,2,4,7,10H2,1H3. The maximum absolute atomic E-state index is 11.8. The molecule has 0 radical (unpaired) electrons. The van der Waals surface area contributed by atoms with Gasteiger partial charge in [0.2, 0.25) is 0 Å². The van der Waals surface area contributed by atoms with Gasteiger partial charge in [-0.2, -0.15) is 11.3 Å². The van der Waals surface area contributed by atoms with Gasteiger partial charge in [-0.1, -0.05) is 6.07 Å². The van der Waals surface area contributed by atoms with Crippen LogP contribution in [-0.4, -0.2) is 24.3 Å². The first-order valence-corrected chi connectivity index (χ1v) is 7.84. The average Bonchev–Trinajstić information content (AvgIpc) is 3.00. The molecular formula is C14H17NOS2. The van der Waals surface area contributed by atoms with E-state index in [1.807, 2.05) is 17.5 Å². The first-order valence-electron chi connectivity index (χ1n) is 6.02. The van der Waals surface area contributed by atoms with Crippen molar-refractivity contribution in [3.63, 3.8) is 0 Å². The third-order valence-electron chi connectivity index (χ3n) is 2.77. The van der Waals surface area contributed by atoms with E-state index >= 15 is 0 Å². The Hall–Kier alpha value is -0.970. The van der Waals surface area contributed by atoms with E-state index in [2.05, 4.69) is 28.8 Å². The van der Waals surface area contributed by atoms with Crippen LogP contribution in [0.2, 0.25) is 0 Å². The molecule has 0 saturated carbocycles. The van der Waals surface area contributed by atoms with E-state index < -0.39 is 0 Å². The summed E-state index contributed by atoms with van der Waals surface area (Å²) in [5, 5.41) is 6.23. The summed E-state index contributed by atoms with van der Waals surface area (Å²) in [6.07, 6.45) is 1.58. The molecule has 0 aliphatic rings. The Morgan fingerprint density at radius 1 is 1.33 bits per heavy atom. The molecule has 0 saturated heterocycles. The molecule has 0 amide bonds. The monoisotopic (exact) mass is 279 g/mol. The summed E-state index contributed by atoms with van der Waals surface area (Å²) < 4.78 is 0. The van der Waals surface area contributed by atoms with Crippen molar-refractivity contribution in [1.82, 2.24) is 4.90 Å². The highest BCUT2D eigenvalue weighted by atomic mass is 32.1. The minimum Gasteiger partial charge on any atom is -0.302 e. The molecule has 18 heavy (non-hydrogen) atoms. The van der Waals surface area contributed by atoms with Crippen molar-refractivity contribution in [2.45, 2.75) is 19.4 Å². The van der Waals surface area contributed by atoms with E-state index in [9.17, 15) is 4.79 Å². The molecule has 0 spiro atoms. The lowest BCUT2D eigenvalue weighted by Crippen LogP contribution is -2.19. The number of Topliss-reactive ketones (excluding diaryl/α,β-unsaturated/α-hetero) is 1. The van der Waals surface area contributed by atoms with Gasteiger partial charge in [0.05, 0.1) is 4.88 Å². The van der Waals surface area contributed by atoms with E-state index in [-0.39, 0.29) is 5.78 Å². The second-order valence-electron chi connectivity index (χ2n) is 4.37. The summed E-state index contributed by atoms with van der Waals surface area (Å²) in [6.45, 7) is 1.93. The fourth-order valence-corrected chi connectivity index (χ4v) is 3.20. The molecule has 2 aromatic rings. The predicted molar refractivity (Wildman–Crippen MR) is 78.5 cm³/mol. The topological polar surface area (TPSA) is 20.3 Å². The van der Waals surface area contributed by atoms with Crippen LogP contribution in [0.5, 0.6) is 0 Å². The Morgan fingerprint density at radius 3 is 2.89 bits per heavy atom. The van der Waals surface area contributed by atoms with Crippen LogP contribution in [0.25, 0.3) is 0 Å². The summed E-state index contributed by atoms with van der Waals surface area (Å²) in [5.41, 5.74) is 1.35. The first kappa shape index (κ1) is 13.5.